The maximum absolute atomic E-state index is 12.6. The molecule has 0 radical (unpaired) electrons. The number of rotatable bonds is 6. The molecule has 1 aromatic heterocycles. The second kappa shape index (κ2) is 8.80. The molecule has 4 rings (SSSR count). The normalized spacial score (nSPS) is 16.1. The van der Waals surface area contributed by atoms with Crippen LogP contribution in [0.1, 0.15) is 30.1 Å². The number of pyridine rings is 1. The van der Waals surface area contributed by atoms with Gasteiger partial charge in [-0.25, -0.2) is 4.98 Å². The Morgan fingerprint density at radius 2 is 2.17 bits per heavy atom. The van der Waals surface area contributed by atoms with E-state index in [1.165, 1.54) is 0 Å². The Bertz CT molecular complexity index is 1030. The van der Waals surface area contributed by atoms with Crippen molar-refractivity contribution in [1.82, 2.24) is 10.3 Å². The highest BCUT2D eigenvalue weighted by atomic mass is 35.5. The van der Waals surface area contributed by atoms with Crippen molar-refractivity contribution in [2.24, 2.45) is 0 Å². The van der Waals surface area contributed by atoms with Crippen LogP contribution < -0.4 is 10.1 Å². The Morgan fingerprint density at radius 3 is 2.93 bits per heavy atom. The summed E-state index contributed by atoms with van der Waals surface area (Å²) in [5.41, 5.74) is 3.04. The monoisotopic (exact) mass is 410 g/mol. The standard InChI is InChI=1S/C23H23ClN2O3/c1-2-28-22-13-21(15-5-3-6-17(24)11-15)26-20-9-8-16(12-19(20)22)23(27)25-14-18-7-4-10-29-18/h3,5-6,8-9,11-13,18H,2,4,7,10,14H2,1H3,(H,25,27)/t18-/m0/s1. The molecule has 2 heterocycles. The Kier molecular flexibility index (Phi) is 5.97. The van der Waals surface area contributed by atoms with Crippen LogP contribution in [0.4, 0.5) is 0 Å². The van der Waals surface area contributed by atoms with E-state index >= 15 is 0 Å². The van der Waals surface area contributed by atoms with Crippen LogP contribution in [0.5, 0.6) is 5.75 Å². The number of nitrogens with one attached hydrogen (secondary N) is 1. The Hall–Kier alpha value is -2.63. The van der Waals surface area contributed by atoms with E-state index in [2.05, 4.69) is 5.32 Å². The van der Waals surface area contributed by atoms with Crippen LogP contribution in [-0.4, -0.2) is 36.8 Å². The van der Waals surface area contributed by atoms with E-state index in [0.717, 1.165) is 41.6 Å². The first kappa shape index (κ1) is 19.7. The zero-order valence-corrected chi connectivity index (χ0v) is 17.0. The van der Waals surface area contributed by atoms with Gasteiger partial charge in [-0.05, 0) is 50.1 Å². The number of benzene rings is 2. The van der Waals surface area contributed by atoms with Gasteiger partial charge in [0.2, 0.25) is 0 Å². The summed E-state index contributed by atoms with van der Waals surface area (Å²) in [6.45, 7) is 3.75. The van der Waals surface area contributed by atoms with Gasteiger partial charge in [0.25, 0.3) is 5.91 Å². The number of aromatic nitrogens is 1. The molecule has 1 saturated heterocycles. The van der Waals surface area contributed by atoms with Crippen molar-refractivity contribution in [1.29, 1.82) is 0 Å². The molecular weight excluding hydrogens is 388 g/mol. The third-order valence-electron chi connectivity index (χ3n) is 4.97. The summed E-state index contributed by atoms with van der Waals surface area (Å²) in [5, 5.41) is 4.42. The van der Waals surface area contributed by atoms with Gasteiger partial charge >= 0.3 is 0 Å². The molecule has 3 aromatic rings. The van der Waals surface area contributed by atoms with Crippen LogP contribution in [0, 0.1) is 0 Å². The number of hydrogen-bond acceptors (Lipinski definition) is 4. The number of carbonyl (C=O) groups excluding carboxylic acids is 1. The van der Waals surface area contributed by atoms with Crippen LogP contribution in [0.3, 0.4) is 0 Å². The van der Waals surface area contributed by atoms with Crippen molar-refractivity contribution in [2.45, 2.75) is 25.9 Å². The van der Waals surface area contributed by atoms with E-state index in [0.29, 0.717) is 29.5 Å². The lowest BCUT2D eigenvalue weighted by atomic mass is 10.1. The molecule has 0 unspecified atom stereocenters. The van der Waals surface area contributed by atoms with Gasteiger partial charge < -0.3 is 14.8 Å². The SMILES string of the molecule is CCOc1cc(-c2cccc(Cl)c2)nc2ccc(C(=O)NC[C@@H]3CCCO3)cc12. The minimum Gasteiger partial charge on any atom is -0.493 e. The van der Waals surface area contributed by atoms with E-state index in [1.54, 1.807) is 6.07 Å². The molecule has 0 saturated carbocycles. The zero-order chi connectivity index (χ0) is 20.2. The first-order valence-electron chi connectivity index (χ1n) is 9.87. The minimum atomic E-state index is -0.122. The van der Waals surface area contributed by atoms with Crippen LogP contribution in [0.15, 0.2) is 48.5 Å². The van der Waals surface area contributed by atoms with E-state index in [4.69, 9.17) is 26.1 Å². The molecule has 150 valence electrons. The number of amides is 1. The number of halogens is 1. The highest BCUT2D eigenvalue weighted by molar-refractivity contribution is 6.30. The summed E-state index contributed by atoms with van der Waals surface area (Å²) in [4.78, 5) is 17.3. The van der Waals surface area contributed by atoms with Crippen molar-refractivity contribution in [3.8, 4) is 17.0 Å². The summed E-state index contributed by atoms with van der Waals surface area (Å²) in [7, 11) is 0. The molecule has 29 heavy (non-hydrogen) atoms. The number of ether oxygens (including phenoxy) is 2. The fourth-order valence-electron chi connectivity index (χ4n) is 3.52. The maximum atomic E-state index is 12.6. The molecule has 1 amide bonds. The van der Waals surface area contributed by atoms with Crippen LogP contribution in [0.25, 0.3) is 22.2 Å². The Morgan fingerprint density at radius 1 is 1.28 bits per heavy atom. The molecule has 0 spiro atoms. The van der Waals surface area contributed by atoms with Crippen LogP contribution in [-0.2, 0) is 4.74 Å². The van der Waals surface area contributed by atoms with Crippen LogP contribution in [0.2, 0.25) is 5.02 Å². The van der Waals surface area contributed by atoms with Crippen molar-refractivity contribution >= 4 is 28.4 Å². The van der Waals surface area contributed by atoms with Gasteiger partial charge in [0.15, 0.2) is 0 Å². The first-order valence-corrected chi connectivity index (χ1v) is 10.2. The number of hydrogen-bond donors (Lipinski definition) is 1. The summed E-state index contributed by atoms with van der Waals surface area (Å²) in [6, 6.07) is 14.9. The number of nitrogens with zero attached hydrogens (tertiary/aromatic N) is 1. The fraction of sp³-hybridized carbons (Fsp3) is 0.304. The molecule has 1 fully saturated rings. The van der Waals surface area contributed by atoms with E-state index in [-0.39, 0.29) is 12.0 Å². The van der Waals surface area contributed by atoms with Gasteiger partial charge in [0.05, 0.1) is 23.9 Å². The molecule has 1 N–H and O–H groups in total. The molecule has 5 nitrogen and oxygen atoms in total. The summed E-state index contributed by atoms with van der Waals surface area (Å²) >= 11 is 6.13. The number of carbonyl (C=O) groups is 1. The molecule has 0 aliphatic carbocycles. The maximum Gasteiger partial charge on any atom is 0.251 e. The van der Waals surface area contributed by atoms with Crippen molar-refractivity contribution in [2.75, 3.05) is 19.8 Å². The lowest BCUT2D eigenvalue weighted by Crippen LogP contribution is -2.31. The van der Waals surface area contributed by atoms with Gasteiger partial charge in [-0.2, -0.15) is 0 Å². The molecule has 1 aliphatic rings. The summed E-state index contributed by atoms with van der Waals surface area (Å²) in [6.07, 6.45) is 2.15. The predicted molar refractivity (Wildman–Crippen MR) is 115 cm³/mol. The van der Waals surface area contributed by atoms with Gasteiger partial charge in [-0.1, -0.05) is 23.7 Å². The van der Waals surface area contributed by atoms with Crippen molar-refractivity contribution < 1.29 is 14.3 Å². The van der Waals surface area contributed by atoms with E-state index in [1.807, 2.05) is 49.4 Å². The molecule has 2 aromatic carbocycles. The highest BCUT2D eigenvalue weighted by Gasteiger charge is 2.17. The molecule has 6 heteroatoms. The zero-order valence-electron chi connectivity index (χ0n) is 16.3. The van der Waals surface area contributed by atoms with Gasteiger partial charge in [0, 0.05) is 40.8 Å². The quantitative estimate of drug-likeness (QED) is 0.630. The van der Waals surface area contributed by atoms with E-state index in [9.17, 15) is 4.79 Å². The topological polar surface area (TPSA) is 60.5 Å². The molecule has 0 bridgehead atoms. The average Bonchev–Trinajstić information content (AvgIpc) is 3.25. The molecular formula is C23H23ClN2O3. The highest BCUT2D eigenvalue weighted by Crippen LogP contribution is 2.31. The second-order valence-corrected chi connectivity index (χ2v) is 7.46. The molecule has 1 atom stereocenters. The Labute approximate surface area is 175 Å². The lowest BCUT2D eigenvalue weighted by molar-refractivity contribution is 0.0858. The number of fused-ring (bicyclic) bond motifs is 1. The predicted octanol–water partition coefficient (Wildman–Crippen LogP) is 4.86. The lowest BCUT2D eigenvalue weighted by Gasteiger charge is -2.13. The van der Waals surface area contributed by atoms with Gasteiger partial charge in [-0.15, -0.1) is 0 Å². The third kappa shape index (κ3) is 4.52. The van der Waals surface area contributed by atoms with E-state index < -0.39 is 0 Å². The van der Waals surface area contributed by atoms with Gasteiger partial charge in [-0.3, -0.25) is 4.79 Å². The Balaban J connectivity index is 1.65. The van der Waals surface area contributed by atoms with Crippen LogP contribution >= 0.6 is 11.6 Å². The minimum absolute atomic E-state index is 0.111. The average molecular weight is 411 g/mol. The summed E-state index contributed by atoms with van der Waals surface area (Å²) in [5.74, 6) is 0.574. The molecule has 1 aliphatic heterocycles. The second-order valence-electron chi connectivity index (χ2n) is 7.03. The van der Waals surface area contributed by atoms with Crippen molar-refractivity contribution in [3.63, 3.8) is 0 Å². The largest absolute Gasteiger partial charge is 0.493 e. The summed E-state index contributed by atoms with van der Waals surface area (Å²) < 4.78 is 11.4. The smallest absolute Gasteiger partial charge is 0.251 e. The van der Waals surface area contributed by atoms with Gasteiger partial charge in [0.1, 0.15) is 5.75 Å². The third-order valence-corrected chi connectivity index (χ3v) is 5.20. The first-order chi connectivity index (χ1) is 14.1. The fourth-order valence-corrected chi connectivity index (χ4v) is 3.71. The van der Waals surface area contributed by atoms with Crippen molar-refractivity contribution in [3.05, 3.63) is 59.1 Å².